The fourth-order valence-corrected chi connectivity index (χ4v) is 0.582. The summed E-state index contributed by atoms with van der Waals surface area (Å²) in [4.78, 5) is 3.51. The van der Waals surface area contributed by atoms with E-state index >= 15 is 0 Å². The van der Waals surface area contributed by atoms with Crippen LogP contribution in [0.1, 0.15) is 13.8 Å². The molecule has 0 fully saturated rings. The summed E-state index contributed by atoms with van der Waals surface area (Å²) in [5.41, 5.74) is -0.440. The highest BCUT2D eigenvalue weighted by atomic mass is 79.9. The summed E-state index contributed by atoms with van der Waals surface area (Å²) in [6.07, 6.45) is -0.445. The van der Waals surface area contributed by atoms with Crippen molar-refractivity contribution in [1.29, 1.82) is 0 Å². The molecule has 1 rings (SSSR count). The van der Waals surface area contributed by atoms with Crippen molar-refractivity contribution < 1.29 is 8.22 Å². The van der Waals surface area contributed by atoms with Gasteiger partial charge in [-0.05, 0) is 40.4 Å². The Hall–Kier alpha value is -0.370. The Morgan fingerprint density at radius 3 is 3.62 bits per heavy atom. The van der Waals surface area contributed by atoms with Crippen LogP contribution in [0.25, 0.3) is 0 Å². The molecule has 0 aliphatic carbocycles. The van der Waals surface area contributed by atoms with Crippen LogP contribution in [-0.2, 0) is 0 Å². The number of pyridine rings is 1. The van der Waals surface area contributed by atoms with E-state index in [2.05, 4.69) is 20.9 Å². The summed E-state index contributed by atoms with van der Waals surface area (Å²) in [7, 11) is 0. The molecule has 1 aromatic heterocycles. The van der Waals surface area contributed by atoms with E-state index in [0.29, 0.717) is 0 Å². The summed E-state index contributed by atoms with van der Waals surface area (Å²) < 4.78 is 43.3. The van der Waals surface area contributed by atoms with Crippen molar-refractivity contribution >= 4 is 15.9 Å². The first-order valence-electron chi connectivity index (χ1n) is 4.89. The molecule has 0 unspecified atom stereocenters. The third-order valence-electron chi connectivity index (χ3n) is 0.563. The molecule has 0 amide bonds. The van der Waals surface area contributed by atoms with Crippen molar-refractivity contribution in [3.8, 4) is 0 Å². The van der Waals surface area contributed by atoms with Gasteiger partial charge in [0.1, 0.15) is 4.60 Å². The lowest BCUT2D eigenvalue weighted by Gasteiger charge is -1.88. The van der Waals surface area contributed by atoms with Crippen LogP contribution in [0.5, 0.6) is 0 Å². The summed E-state index contributed by atoms with van der Waals surface area (Å²) in [6.45, 7) is -2.56. The average molecular weight is 178 g/mol. The van der Waals surface area contributed by atoms with E-state index in [-0.39, 0.29) is 10.6 Å². The summed E-state index contributed by atoms with van der Waals surface area (Å²) in [6, 6.07) is -0.871. The van der Waals surface area contributed by atoms with Gasteiger partial charge in [0.15, 0.2) is 0 Å². The molecule has 1 heterocycles. The van der Waals surface area contributed by atoms with Gasteiger partial charge in [-0.2, -0.15) is 0 Å². The highest BCUT2D eigenvalue weighted by Gasteiger charge is 1.83. The topological polar surface area (TPSA) is 12.9 Å². The Bertz CT molecular complexity index is 347. The van der Waals surface area contributed by atoms with Gasteiger partial charge in [0.05, 0.1) is 4.11 Å². The minimum absolute atomic E-state index is 0.0235. The molecule has 0 N–H and O–H groups in total. The first-order valence-corrected chi connectivity index (χ1v) is 2.68. The number of nitrogens with zero attached hydrogens (tertiary/aromatic N) is 1. The second kappa shape index (κ2) is 2.27. The Morgan fingerprint density at radius 1 is 2.00 bits per heavy atom. The smallest absolute Gasteiger partial charge is 0.106 e. The molecule has 1 nitrogen and oxygen atoms in total. The van der Waals surface area contributed by atoms with Crippen molar-refractivity contribution in [1.82, 2.24) is 4.98 Å². The molecule has 1 aromatic rings. The van der Waals surface area contributed by atoms with Gasteiger partial charge >= 0.3 is 0 Å². The Kier molecular flexibility index (Phi) is 0.511. The van der Waals surface area contributed by atoms with Gasteiger partial charge in [-0.15, -0.1) is 0 Å². The lowest BCUT2D eigenvalue weighted by molar-refractivity contribution is 1.24. The summed E-state index contributed by atoms with van der Waals surface area (Å²) in [5, 5.41) is 0. The monoisotopic (exact) mass is 177 g/mol. The Morgan fingerprint density at radius 2 is 2.88 bits per heavy atom. The molecule has 0 bridgehead atoms. The lowest BCUT2D eigenvalue weighted by atomic mass is 10.3. The van der Waals surface area contributed by atoms with E-state index in [1.165, 1.54) is 0 Å². The van der Waals surface area contributed by atoms with Crippen LogP contribution in [-0.4, -0.2) is 4.98 Å². The van der Waals surface area contributed by atoms with Crippen LogP contribution in [0.3, 0.4) is 0 Å². The standard InChI is InChI=1S/C6H6BrN/c1-5-2-3-8-6(7)4-5/h2-4H,1H3/i1D3,2D,3D,4D. The van der Waals surface area contributed by atoms with Gasteiger partial charge in [-0.3, -0.25) is 0 Å². The minimum Gasteiger partial charge on any atom is -0.249 e. The van der Waals surface area contributed by atoms with Crippen LogP contribution in [0.2, 0.25) is 0 Å². The largest absolute Gasteiger partial charge is 0.249 e. The second-order valence-electron chi connectivity index (χ2n) is 1.14. The number of halogens is 1. The van der Waals surface area contributed by atoms with Crippen molar-refractivity contribution in [2.75, 3.05) is 0 Å². The maximum atomic E-state index is 7.42. The molecule has 0 atom stereocenters. The molecule has 0 saturated carbocycles. The zero-order valence-corrected chi connectivity index (χ0v) is 5.41. The van der Waals surface area contributed by atoms with Gasteiger partial charge in [0.25, 0.3) is 0 Å². The molecule has 0 radical (unpaired) electrons. The van der Waals surface area contributed by atoms with Crippen molar-refractivity contribution in [3.05, 3.63) is 28.4 Å². The lowest BCUT2D eigenvalue weighted by Crippen LogP contribution is -1.73. The van der Waals surface area contributed by atoms with Gasteiger partial charge in [-0.1, -0.05) is 0 Å². The van der Waals surface area contributed by atoms with E-state index in [1.54, 1.807) is 0 Å². The van der Waals surface area contributed by atoms with Crippen LogP contribution in [0.4, 0.5) is 0 Å². The summed E-state index contributed by atoms with van der Waals surface area (Å²) in [5.74, 6) is 0. The minimum atomic E-state index is -2.56. The molecular formula is C6H6BrN. The SMILES string of the molecule is [2H]c1nc(Br)c([2H])c(C([2H])([2H])[2H])c1[2H]. The summed E-state index contributed by atoms with van der Waals surface area (Å²) >= 11 is 2.87. The Labute approximate surface area is 65.3 Å². The van der Waals surface area contributed by atoms with Gasteiger partial charge in [-0.25, -0.2) is 4.98 Å². The predicted molar refractivity (Wildman–Crippen MR) is 36.7 cm³/mol. The molecule has 0 aliphatic heterocycles. The third-order valence-corrected chi connectivity index (χ3v) is 0.939. The van der Waals surface area contributed by atoms with E-state index < -0.39 is 24.6 Å². The van der Waals surface area contributed by atoms with Crippen molar-refractivity contribution in [2.45, 2.75) is 6.85 Å². The van der Waals surface area contributed by atoms with Gasteiger partial charge in [0.2, 0.25) is 0 Å². The predicted octanol–water partition coefficient (Wildman–Crippen LogP) is 2.15. The molecule has 42 valence electrons. The first kappa shape index (κ1) is 1.81. The molecule has 0 spiro atoms. The van der Waals surface area contributed by atoms with Gasteiger partial charge in [0, 0.05) is 10.3 Å². The van der Waals surface area contributed by atoms with Crippen LogP contribution in [0.15, 0.2) is 22.9 Å². The average Bonchev–Trinajstić information content (AvgIpc) is 1.98. The number of rotatable bonds is 0. The molecule has 0 aromatic carbocycles. The maximum absolute atomic E-state index is 7.42. The van der Waals surface area contributed by atoms with E-state index in [4.69, 9.17) is 8.22 Å². The zero-order chi connectivity index (χ0) is 11.1. The van der Waals surface area contributed by atoms with Crippen LogP contribution >= 0.6 is 15.9 Å². The third kappa shape index (κ3) is 1.30. The first-order chi connectivity index (χ1) is 6.25. The number of hydrogen-bond donors (Lipinski definition) is 0. The molecule has 2 heteroatoms. The van der Waals surface area contributed by atoms with Crippen LogP contribution in [0, 0.1) is 6.85 Å². The quantitative estimate of drug-likeness (QED) is 0.554. The van der Waals surface area contributed by atoms with Crippen LogP contribution < -0.4 is 0 Å². The maximum Gasteiger partial charge on any atom is 0.106 e. The fourth-order valence-electron chi connectivity index (χ4n) is 0.295. The number of hydrogen-bond acceptors (Lipinski definition) is 1. The fraction of sp³-hybridized carbons (Fsp3) is 0.167. The number of aromatic nitrogens is 1. The highest BCUT2D eigenvalue weighted by Crippen LogP contribution is 2.05. The molecular weight excluding hydrogens is 166 g/mol. The Balaban J connectivity index is 3.56. The molecule has 0 aliphatic rings. The van der Waals surface area contributed by atoms with E-state index in [1.807, 2.05) is 0 Å². The van der Waals surface area contributed by atoms with Gasteiger partial charge < -0.3 is 0 Å². The van der Waals surface area contributed by atoms with E-state index in [0.717, 1.165) is 0 Å². The van der Waals surface area contributed by atoms with E-state index in [9.17, 15) is 0 Å². The molecule has 8 heavy (non-hydrogen) atoms. The van der Waals surface area contributed by atoms with Crippen molar-refractivity contribution in [2.24, 2.45) is 0 Å². The second-order valence-corrected chi connectivity index (χ2v) is 1.89. The normalized spacial score (nSPS) is 21.6. The highest BCUT2D eigenvalue weighted by molar-refractivity contribution is 9.10. The zero-order valence-electron chi connectivity index (χ0n) is 9.83. The molecule has 0 saturated heterocycles. The van der Waals surface area contributed by atoms with Crippen molar-refractivity contribution in [3.63, 3.8) is 0 Å².